The molecule has 2 aromatic rings. The van der Waals surface area contributed by atoms with Crippen molar-refractivity contribution >= 4 is 11.8 Å². The van der Waals surface area contributed by atoms with E-state index in [-0.39, 0.29) is 29.8 Å². The Morgan fingerprint density at radius 3 is 2.31 bits per heavy atom. The second-order valence-corrected chi connectivity index (χ2v) is 8.24. The van der Waals surface area contributed by atoms with E-state index < -0.39 is 6.04 Å². The lowest BCUT2D eigenvalue weighted by molar-refractivity contribution is -0.130. The fourth-order valence-corrected chi connectivity index (χ4v) is 3.75. The van der Waals surface area contributed by atoms with Crippen molar-refractivity contribution in [3.63, 3.8) is 0 Å². The first-order valence-electron chi connectivity index (χ1n) is 10.4. The second kappa shape index (κ2) is 9.70. The molecule has 1 aliphatic rings. The highest BCUT2D eigenvalue weighted by atomic mass is 16.2. The zero-order valence-corrected chi connectivity index (χ0v) is 17.4. The molecule has 0 aromatic heterocycles. The van der Waals surface area contributed by atoms with Gasteiger partial charge in [0.1, 0.15) is 6.04 Å². The molecule has 1 heterocycles. The number of hydrogen-bond donors (Lipinski definition) is 3. The summed E-state index contributed by atoms with van der Waals surface area (Å²) in [5.74, 6) is 0.0328. The Morgan fingerprint density at radius 1 is 0.966 bits per heavy atom. The average molecular weight is 394 g/mol. The molecule has 0 radical (unpaired) electrons. The molecule has 5 heteroatoms. The van der Waals surface area contributed by atoms with E-state index >= 15 is 0 Å². The van der Waals surface area contributed by atoms with Gasteiger partial charge in [0.05, 0.1) is 12.1 Å². The molecular formula is C24H31N3O2. The van der Waals surface area contributed by atoms with Crippen LogP contribution in [0.1, 0.15) is 49.9 Å². The van der Waals surface area contributed by atoms with Crippen molar-refractivity contribution in [3.05, 3.63) is 71.3 Å². The summed E-state index contributed by atoms with van der Waals surface area (Å²) in [6.45, 7) is 6.74. The molecule has 0 fully saturated rings. The van der Waals surface area contributed by atoms with Crippen molar-refractivity contribution in [2.45, 2.75) is 58.3 Å². The number of fused-ring (bicyclic) bond motifs is 1. The molecule has 5 nitrogen and oxygen atoms in total. The van der Waals surface area contributed by atoms with Gasteiger partial charge in [-0.25, -0.2) is 0 Å². The Kier molecular flexibility index (Phi) is 7.04. The molecule has 1 unspecified atom stereocenters. The number of amides is 2. The zero-order valence-electron chi connectivity index (χ0n) is 17.4. The maximum absolute atomic E-state index is 12.9. The van der Waals surface area contributed by atoms with Crippen molar-refractivity contribution in [1.82, 2.24) is 16.0 Å². The maximum atomic E-state index is 12.9. The third-order valence-electron chi connectivity index (χ3n) is 5.40. The number of rotatable bonds is 7. The standard InChI is InChI=1S/C24H31N3O2/c1-16(2)13-22(24(29)26-17(3)18-9-5-4-6-10-18)27-23(28)21-14-19-11-7-8-12-20(19)15-25-21/h4-12,16-17,21-22,25H,13-15H2,1-3H3,(H,26,29)(H,27,28)/t17?,21-,22+/m0/s1. The van der Waals surface area contributed by atoms with Crippen LogP contribution in [-0.2, 0) is 22.6 Å². The maximum Gasteiger partial charge on any atom is 0.243 e. The minimum atomic E-state index is -0.548. The number of hydrogen-bond acceptors (Lipinski definition) is 3. The molecule has 0 saturated heterocycles. The van der Waals surface area contributed by atoms with Gasteiger partial charge in [-0.1, -0.05) is 68.4 Å². The van der Waals surface area contributed by atoms with Gasteiger partial charge >= 0.3 is 0 Å². The quantitative estimate of drug-likeness (QED) is 0.677. The van der Waals surface area contributed by atoms with Crippen LogP contribution < -0.4 is 16.0 Å². The molecule has 2 aromatic carbocycles. The van der Waals surface area contributed by atoms with Gasteiger partial charge in [-0.2, -0.15) is 0 Å². The Balaban J connectivity index is 1.64. The summed E-state index contributed by atoms with van der Waals surface area (Å²) in [6, 6.07) is 17.0. The predicted molar refractivity (Wildman–Crippen MR) is 115 cm³/mol. The highest BCUT2D eigenvalue weighted by Gasteiger charge is 2.29. The van der Waals surface area contributed by atoms with Gasteiger partial charge in [-0.05, 0) is 42.4 Å². The molecule has 1 aliphatic heterocycles. The Bertz CT molecular complexity index is 835. The van der Waals surface area contributed by atoms with Crippen molar-refractivity contribution < 1.29 is 9.59 Å². The van der Waals surface area contributed by atoms with Crippen LogP contribution in [0.15, 0.2) is 54.6 Å². The molecule has 0 saturated carbocycles. The molecule has 3 N–H and O–H groups in total. The Morgan fingerprint density at radius 2 is 1.62 bits per heavy atom. The first-order valence-corrected chi connectivity index (χ1v) is 10.4. The number of benzene rings is 2. The van der Waals surface area contributed by atoms with Crippen LogP contribution in [0.3, 0.4) is 0 Å². The fourth-order valence-electron chi connectivity index (χ4n) is 3.75. The van der Waals surface area contributed by atoms with Crippen LogP contribution in [0.2, 0.25) is 0 Å². The highest BCUT2D eigenvalue weighted by Crippen LogP contribution is 2.17. The fraction of sp³-hybridized carbons (Fsp3) is 0.417. The summed E-state index contributed by atoms with van der Waals surface area (Å²) in [7, 11) is 0. The largest absolute Gasteiger partial charge is 0.348 e. The highest BCUT2D eigenvalue weighted by molar-refractivity contribution is 5.90. The van der Waals surface area contributed by atoms with E-state index in [1.807, 2.05) is 49.4 Å². The lowest BCUT2D eigenvalue weighted by atomic mass is 9.95. The summed E-state index contributed by atoms with van der Waals surface area (Å²) in [6.07, 6.45) is 1.24. The van der Waals surface area contributed by atoms with Crippen LogP contribution in [0.25, 0.3) is 0 Å². The minimum Gasteiger partial charge on any atom is -0.348 e. The van der Waals surface area contributed by atoms with Crippen LogP contribution in [0, 0.1) is 5.92 Å². The van der Waals surface area contributed by atoms with Crippen molar-refractivity contribution in [2.75, 3.05) is 0 Å². The van der Waals surface area contributed by atoms with E-state index in [2.05, 4.69) is 41.9 Å². The molecule has 3 atom stereocenters. The average Bonchev–Trinajstić information content (AvgIpc) is 2.73. The van der Waals surface area contributed by atoms with E-state index in [0.29, 0.717) is 19.4 Å². The Labute approximate surface area is 173 Å². The van der Waals surface area contributed by atoms with Gasteiger partial charge in [0.15, 0.2) is 0 Å². The summed E-state index contributed by atoms with van der Waals surface area (Å²) in [5, 5.41) is 9.34. The molecular weight excluding hydrogens is 362 g/mol. The van der Waals surface area contributed by atoms with Crippen LogP contribution in [-0.4, -0.2) is 23.9 Å². The van der Waals surface area contributed by atoms with E-state index in [0.717, 1.165) is 5.56 Å². The zero-order chi connectivity index (χ0) is 20.8. The van der Waals surface area contributed by atoms with Gasteiger partial charge in [0, 0.05) is 6.54 Å². The monoisotopic (exact) mass is 393 g/mol. The lowest BCUT2D eigenvalue weighted by Gasteiger charge is -2.28. The molecule has 0 spiro atoms. The normalized spacial score (nSPS) is 17.9. The van der Waals surface area contributed by atoms with Crippen LogP contribution >= 0.6 is 0 Å². The smallest absolute Gasteiger partial charge is 0.243 e. The van der Waals surface area contributed by atoms with Crippen LogP contribution in [0.4, 0.5) is 0 Å². The molecule has 154 valence electrons. The molecule has 3 rings (SSSR count). The number of nitrogens with one attached hydrogen (secondary N) is 3. The van der Waals surface area contributed by atoms with E-state index in [4.69, 9.17) is 0 Å². The SMILES string of the molecule is CC(C)C[C@@H](NC(=O)[C@@H]1Cc2ccccc2CN1)C(=O)NC(C)c1ccccc1. The molecule has 0 bridgehead atoms. The number of carbonyl (C=O) groups excluding carboxylic acids is 2. The summed E-state index contributed by atoms with van der Waals surface area (Å²) in [4.78, 5) is 25.8. The summed E-state index contributed by atoms with van der Waals surface area (Å²) >= 11 is 0. The molecule has 29 heavy (non-hydrogen) atoms. The van der Waals surface area contributed by atoms with E-state index in [1.165, 1.54) is 11.1 Å². The summed E-state index contributed by atoms with van der Waals surface area (Å²) < 4.78 is 0. The van der Waals surface area contributed by atoms with Crippen molar-refractivity contribution in [1.29, 1.82) is 0 Å². The van der Waals surface area contributed by atoms with E-state index in [9.17, 15) is 9.59 Å². The van der Waals surface area contributed by atoms with Crippen LogP contribution in [0.5, 0.6) is 0 Å². The minimum absolute atomic E-state index is 0.116. The first-order chi connectivity index (χ1) is 13.9. The van der Waals surface area contributed by atoms with Crippen molar-refractivity contribution in [3.8, 4) is 0 Å². The van der Waals surface area contributed by atoms with Gasteiger partial charge in [0.25, 0.3) is 0 Å². The van der Waals surface area contributed by atoms with Gasteiger partial charge in [0.2, 0.25) is 11.8 Å². The molecule has 2 amide bonds. The van der Waals surface area contributed by atoms with Crippen molar-refractivity contribution in [2.24, 2.45) is 5.92 Å². The summed E-state index contributed by atoms with van der Waals surface area (Å²) in [5.41, 5.74) is 3.46. The topological polar surface area (TPSA) is 70.2 Å². The first kappa shape index (κ1) is 21.1. The van der Waals surface area contributed by atoms with Gasteiger partial charge in [-0.3, -0.25) is 9.59 Å². The third-order valence-corrected chi connectivity index (χ3v) is 5.40. The number of carbonyl (C=O) groups is 2. The predicted octanol–water partition coefficient (Wildman–Crippen LogP) is 3.11. The molecule has 0 aliphatic carbocycles. The van der Waals surface area contributed by atoms with Gasteiger partial charge in [-0.15, -0.1) is 0 Å². The lowest BCUT2D eigenvalue weighted by Crippen LogP contribution is -2.54. The van der Waals surface area contributed by atoms with E-state index in [1.54, 1.807) is 0 Å². The van der Waals surface area contributed by atoms with Gasteiger partial charge < -0.3 is 16.0 Å². The Hall–Kier alpha value is -2.66. The third kappa shape index (κ3) is 5.67. The second-order valence-electron chi connectivity index (χ2n) is 8.24.